The molecule has 0 spiro atoms. The Morgan fingerprint density at radius 1 is 0.885 bits per heavy atom. The molecule has 6 nitrogen and oxygen atoms in total. The van der Waals surface area contributed by atoms with E-state index < -0.39 is 0 Å². The van der Waals surface area contributed by atoms with Gasteiger partial charge in [0.05, 0.1) is 0 Å². The summed E-state index contributed by atoms with van der Waals surface area (Å²) in [7, 11) is 0. The molecule has 4 aliphatic heterocycles. The summed E-state index contributed by atoms with van der Waals surface area (Å²) in [4.78, 5) is 31.5. The van der Waals surface area contributed by atoms with Gasteiger partial charge < -0.3 is 15.1 Å². The summed E-state index contributed by atoms with van der Waals surface area (Å²) >= 11 is 0. The van der Waals surface area contributed by atoms with Crippen molar-refractivity contribution < 1.29 is 9.59 Å². The van der Waals surface area contributed by atoms with Gasteiger partial charge in [0, 0.05) is 51.7 Å². The summed E-state index contributed by atoms with van der Waals surface area (Å²) in [5.74, 6) is 0.599. The molecule has 6 heteroatoms. The largest absolute Gasteiger partial charge is 0.343 e. The van der Waals surface area contributed by atoms with Gasteiger partial charge >= 0.3 is 0 Å². The van der Waals surface area contributed by atoms with Gasteiger partial charge in [-0.2, -0.15) is 0 Å². The minimum absolute atomic E-state index is 0.191. The van der Waals surface area contributed by atoms with E-state index in [9.17, 15) is 9.59 Å². The maximum atomic E-state index is 13.4. The first-order valence-corrected chi connectivity index (χ1v) is 10.6. The van der Waals surface area contributed by atoms with Crippen molar-refractivity contribution >= 4 is 11.8 Å². The number of carbonyl (C=O) groups excluding carboxylic acids is 2. The molecule has 146 valence electrons. The second-order valence-corrected chi connectivity index (χ2v) is 8.78. The summed E-state index contributed by atoms with van der Waals surface area (Å²) < 4.78 is 0. The van der Waals surface area contributed by atoms with Crippen molar-refractivity contribution in [3.05, 3.63) is 0 Å². The molecule has 4 rings (SSSR count). The highest BCUT2D eigenvalue weighted by Crippen LogP contribution is 2.40. The van der Waals surface area contributed by atoms with Crippen LogP contribution in [-0.4, -0.2) is 83.4 Å². The van der Waals surface area contributed by atoms with Gasteiger partial charge in [-0.1, -0.05) is 0 Å². The van der Waals surface area contributed by atoms with Gasteiger partial charge in [0.15, 0.2) is 0 Å². The second-order valence-electron chi connectivity index (χ2n) is 8.78. The average Bonchev–Trinajstić information content (AvgIpc) is 3.29. The fourth-order valence-corrected chi connectivity index (χ4v) is 5.68. The Morgan fingerprint density at radius 2 is 1.58 bits per heavy atom. The first-order valence-electron chi connectivity index (χ1n) is 10.6. The van der Waals surface area contributed by atoms with E-state index >= 15 is 0 Å². The van der Waals surface area contributed by atoms with Gasteiger partial charge in [-0.25, -0.2) is 0 Å². The molecule has 4 fully saturated rings. The van der Waals surface area contributed by atoms with Crippen LogP contribution >= 0.6 is 0 Å². The van der Waals surface area contributed by atoms with Crippen LogP contribution in [0.1, 0.15) is 58.3 Å². The summed E-state index contributed by atoms with van der Waals surface area (Å²) in [6.07, 6.45) is 8.79. The molecule has 0 aromatic rings. The predicted octanol–water partition coefficient (Wildman–Crippen LogP) is 1.21. The summed E-state index contributed by atoms with van der Waals surface area (Å²) in [5, 5.41) is 3.85. The molecule has 0 aliphatic carbocycles. The quantitative estimate of drug-likeness (QED) is 0.820. The molecule has 2 amide bonds. The van der Waals surface area contributed by atoms with Crippen molar-refractivity contribution in [2.45, 2.75) is 75.9 Å². The predicted molar refractivity (Wildman–Crippen MR) is 101 cm³/mol. The van der Waals surface area contributed by atoms with Crippen molar-refractivity contribution in [2.75, 3.05) is 39.3 Å². The Hall–Kier alpha value is -1.14. The zero-order chi connectivity index (χ0) is 18.1. The molecule has 4 heterocycles. The van der Waals surface area contributed by atoms with E-state index in [1.165, 1.54) is 12.8 Å². The standard InChI is InChI=1S/C20H34N4O2/c1-16(25)22-12-6-17(7-13-22)21-18-14-20(8-2-3-11-24(20)15-18)19(26)23-9-4-5-10-23/h17-18,21H,2-15H2,1H3/t18?,20-/m0/s1. The molecular weight excluding hydrogens is 328 g/mol. The van der Waals surface area contributed by atoms with Crippen LogP contribution in [0.25, 0.3) is 0 Å². The molecule has 0 radical (unpaired) electrons. The molecule has 26 heavy (non-hydrogen) atoms. The number of rotatable bonds is 3. The van der Waals surface area contributed by atoms with E-state index in [0.717, 1.165) is 77.8 Å². The number of carbonyl (C=O) groups is 2. The maximum Gasteiger partial charge on any atom is 0.243 e. The lowest BCUT2D eigenvalue weighted by atomic mass is 9.84. The number of nitrogens with zero attached hydrogens (tertiary/aromatic N) is 3. The van der Waals surface area contributed by atoms with E-state index in [2.05, 4.69) is 15.1 Å². The fraction of sp³-hybridized carbons (Fsp3) is 0.900. The van der Waals surface area contributed by atoms with Gasteiger partial charge in [-0.05, 0) is 57.9 Å². The highest BCUT2D eigenvalue weighted by atomic mass is 16.2. The van der Waals surface area contributed by atoms with Crippen LogP contribution in [0.4, 0.5) is 0 Å². The van der Waals surface area contributed by atoms with Gasteiger partial charge in [-0.15, -0.1) is 0 Å². The third kappa shape index (κ3) is 3.38. The van der Waals surface area contributed by atoms with Crippen molar-refractivity contribution in [1.29, 1.82) is 0 Å². The Balaban J connectivity index is 1.39. The number of amides is 2. The molecule has 2 atom stereocenters. The van der Waals surface area contributed by atoms with Crippen LogP contribution in [-0.2, 0) is 9.59 Å². The molecule has 1 N–H and O–H groups in total. The Kier molecular flexibility index (Phi) is 5.24. The minimum Gasteiger partial charge on any atom is -0.343 e. The van der Waals surface area contributed by atoms with Crippen LogP contribution in [0, 0.1) is 0 Å². The summed E-state index contributed by atoms with van der Waals surface area (Å²) in [5.41, 5.74) is -0.236. The fourth-order valence-electron chi connectivity index (χ4n) is 5.68. The average molecular weight is 363 g/mol. The second kappa shape index (κ2) is 7.47. The van der Waals surface area contributed by atoms with Crippen LogP contribution in [0.3, 0.4) is 0 Å². The first-order chi connectivity index (χ1) is 12.6. The zero-order valence-corrected chi connectivity index (χ0v) is 16.2. The lowest BCUT2D eigenvalue weighted by Gasteiger charge is -2.42. The van der Waals surface area contributed by atoms with Crippen LogP contribution < -0.4 is 5.32 Å². The number of hydrogen-bond donors (Lipinski definition) is 1. The van der Waals surface area contributed by atoms with Crippen molar-refractivity contribution in [3.8, 4) is 0 Å². The third-order valence-corrected chi connectivity index (χ3v) is 7.10. The summed E-state index contributed by atoms with van der Waals surface area (Å²) in [6.45, 7) is 7.37. The molecule has 0 bridgehead atoms. The molecule has 4 saturated heterocycles. The Morgan fingerprint density at radius 3 is 2.27 bits per heavy atom. The van der Waals surface area contributed by atoms with Crippen LogP contribution in [0.5, 0.6) is 0 Å². The van der Waals surface area contributed by atoms with E-state index in [-0.39, 0.29) is 11.4 Å². The molecule has 1 unspecified atom stereocenters. The summed E-state index contributed by atoms with van der Waals surface area (Å²) in [6, 6.07) is 0.893. The zero-order valence-electron chi connectivity index (χ0n) is 16.2. The SMILES string of the molecule is CC(=O)N1CCC(NC2CN3CCCC[C@@]3(C(=O)N3CCCC3)C2)CC1. The lowest BCUT2D eigenvalue weighted by Crippen LogP contribution is -2.58. The van der Waals surface area contributed by atoms with Gasteiger partial charge in [0.1, 0.15) is 5.54 Å². The topological polar surface area (TPSA) is 55.9 Å². The minimum atomic E-state index is -0.236. The Bertz CT molecular complexity index is 540. The Labute approximate surface area is 157 Å². The maximum absolute atomic E-state index is 13.4. The van der Waals surface area contributed by atoms with E-state index in [0.29, 0.717) is 18.0 Å². The number of likely N-dealkylation sites (tertiary alicyclic amines) is 2. The highest BCUT2D eigenvalue weighted by Gasteiger charge is 2.53. The van der Waals surface area contributed by atoms with Gasteiger partial charge in [0.25, 0.3) is 0 Å². The lowest BCUT2D eigenvalue weighted by molar-refractivity contribution is -0.144. The molecule has 4 aliphatic rings. The van der Waals surface area contributed by atoms with E-state index in [1.54, 1.807) is 6.92 Å². The third-order valence-electron chi connectivity index (χ3n) is 7.10. The van der Waals surface area contributed by atoms with Crippen molar-refractivity contribution in [2.24, 2.45) is 0 Å². The van der Waals surface area contributed by atoms with Crippen molar-refractivity contribution in [3.63, 3.8) is 0 Å². The smallest absolute Gasteiger partial charge is 0.243 e. The number of piperidine rings is 2. The first kappa shape index (κ1) is 18.2. The van der Waals surface area contributed by atoms with E-state index in [4.69, 9.17) is 0 Å². The molecule has 0 aromatic heterocycles. The van der Waals surface area contributed by atoms with Gasteiger partial charge in [-0.3, -0.25) is 14.5 Å². The highest BCUT2D eigenvalue weighted by molar-refractivity contribution is 5.87. The van der Waals surface area contributed by atoms with Crippen molar-refractivity contribution in [1.82, 2.24) is 20.0 Å². The molecule has 0 aromatic carbocycles. The molecule has 0 saturated carbocycles. The number of hydrogen-bond acceptors (Lipinski definition) is 4. The van der Waals surface area contributed by atoms with Crippen LogP contribution in [0.2, 0.25) is 0 Å². The normalized spacial score (nSPS) is 33.5. The van der Waals surface area contributed by atoms with Crippen LogP contribution in [0.15, 0.2) is 0 Å². The van der Waals surface area contributed by atoms with Gasteiger partial charge in [0.2, 0.25) is 11.8 Å². The van der Waals surface area contributed by atoms with E-state index in [1.807, 2.05) is 4.90 Å². The molecular formula is C20H34N4O2. The monoisotopic (exact) mass is 362 g/mol. The number of nitrogens with one attached hydrogen (secondary N) is 1. The number of fused-ring (bicyclic) bond motifs is 1.